The first kappa shape index (κ1) is 24.5. The van der Waals surface area contributed by atoms with E-state index < -0.39 is 4.92 Å². The number of halogens is 1. The molecule has 9 nitrogen and oxygen atoms in total. The maximum atomic E-state index is 12.4. The van der Waals surface area contributed by atoms with Gasteiger partial charge in [-0.2, -0.15) is 0 Å². The summed E-state index contributed by atoms with van der Waals surface area (Å²) in [5.41, 5.74) is 2.24. The maximum absolute atomic E-state index is 12.4. The Morgan fingerprint density at radius 2 is 2.06 bits per heavy atom. The van der Waals surface area contributed by atoms with Gasteiger partial charge in [-0.3, -0.25) is 14.9 Å². The third-order valence-electron chi connectivity index (χ3n) is 5.05. The van der Waals surface area contributed by atoms with E-state index in [1.807, 2.05) is 50.5 Å². The predicted molar refractivity (Wildman–Crippen MR) is 128 cm³/mol. The molecule has 0 bridgehead atoms. The van der Waals surface area contributed by atoms with Crippen molar-refractivity contribution in [1.29, 1.82) is 0 Å². The molecule has 174 valence electrons. The molecule has 1 N–H and O–H groups in total. The molecule has 0 aliphatic rings. The van der Waals surface area contributed by atoms with Gasteiger partial charge in [0, 0.05) is 18.7 Å². The molecule has 0 fully saturated rings. The molecule has 3 aromatic rings. The smallest absolute Gasteiger partial charge is 0.271 e. The average Bonchev–Trinajstić information content (AvgIpc) is 3.20. The molecule has 0 aliphatic heterocycles. The molecule has 3 rings (SSSR count). The Morgan fingerprint density at radius 3 is 2.76 bits per heavy atom. The number of amides is 1. The van der Waals surface area contributed by atoms with Crippen LogP contribution in [0.5, 0.6) is 5.75 Å². The van der Waals surface area contributed by atoms with Crippen LogP contribution in [0, 0.1) is 24.0 Å². The zero-order valence-electron chi connectivity index (χ0n) is 18.7. The number of hydrogen-bond donors (Lipinski definition) is 1. The summed E-state index contributed by atoms with van der Waals surface area (Å²) in [5, 5.41) is 22.9. The molecular formula is C22H24ClN5O4S. The number of nitro groups is 1. The van der Waals surface area contributed by atoms with Crippen LogP contribution >= 0.6 is 23.4 Å². The van der Waals surface area contributed by atoms with Gasteiger partial charge in [-0.15, -0.1) is 10.2 Å². The first-order chi connectivity index (χ1) is 15.7. The number of hydrogen-bond acceptors (Lipinski definition) is 7. The number of carbonyl (C=O) groups is 1. The van der Waals surface area contributed by atoms with E-state index in [-0.39, 0.29) is 34.2 Å². The van der Waals surface area contributed by atoms with Crippen molar-refractivity contribution in [1.82, 2.24) is 14.8 Å². The number of nitrogens with zero attached hydrogens (tertiary/aromatic N) is 4. The number of ether oxygens (including phenoxy) is 1. The highest BCUT2D eigenvalue weighted by Crippen LogP contribution is 2.29. The second-order valence-corrected chi connectivity index (χ2v) is 8.65. The van der Waals surface area contributed by atoms with Gasteiger partial charge in [-0.05, 0) is 51.0 Å². The highest BCUT2D eigenvalue weighted by molar-refractivity contribution is 7.99. The Labute approximate surface area is 200 Å². The van der Waals surface area contributed by atoms with Gasteiger partial charge in [0.25, 0.3) is 5.69 Å². The van der Waals surface area contributed by atoms with Crippen LogP contribution in [-0.2, 0) is 11.3 Å². The third kappa shape index (κ3) is 5.82. The highest BCUT2D eigenvalue weighted by Gasteiger charge is 2.20. The summed E-state index contributed by atoms with van der Waals surface area (Å²) in [7, 11) is 0. The van der Waals surface area contributed by atoms with Gasteiger partial charge in [0.15, 0.2) is 17.1 Å². The summed E-state index contributed by atoms with van der Waals surface area (Å²) in [4.78, 5) is 22.8. The molecule has 1 aromatic heterocycles. The Kier molecular flexibility index (Phi) is 7.93. The van der Waals surface area contributed by atoms with Crippen LogP contribution in [-0.4, -0.2) is 31.3 Å². The molecule has 0 aliphatic carbocycles. The topological polar surface area (TPSA) is 112 Å². The van der Waals surface area contributed by atoms with Gasteiger partial charge in [0.05, 0.1) is 21.4 Å². The summed E-state index contributed by atoms with van der Waals surface area (Å²) in [5.74, 6) is 1.11. The predicted octanol–water partition coefficient (Wildman–Crippen LogP) is 5.35. The number of thioether (sulfide) groups is 1. The second kappa shape index (κ2) is 10.7. The number of anilines is 1. The Bertz CT molecular complexity index is 1180. The van der Waals surface area contributed by atoms with Crippen molar-refractivity contribution in [2.45, 2.75) is 45.5 Å². The van der Waals surface area contributed by atoms with Gasteiger partial charge in [0.2, 0.25) is 5.91 Å². The minimum atomic E-state index is -0.548. The SMILES string of the molecule is CCn1c(SCC(=O)Nc2cc([N+](=O)[O-])ccc2Cl)nnc1C(C)Oc1cccc(C)c1C. The van der Waals surface area contributed by atoms with Crippen molar-refractivity contribution in [3.05, 3.63) is 68.5 Å². The zero-order chi connectivity index (χ0) is 24.1. The Hall–Kier alpha value is -3.11. The highest BCUT2D eigenvalue weighted by atomic mass is 35.5. The first-order valence-electron chi connectivity index (χ1n) is 10.2. The maximum Gasteiger partial charge on any atom is 0.271 e. The van der Waals surface area contributed by atoms with Gasteiger partial charge in [-0.25, -0.2) is 0 Å². The van der Waals surface area contributed by atoms with E-state index in [0.717, 1.165) is 16.9 Å². The van der Waals surface area contributed by atoms with Crippen LogP contribution in [0.25, 0.3) is 0 Å². The van der Waals surface area contributed by atoms with Crippen LogP contribution in [0.15, 0.2) is 41.6 Å². The minimum absolute atomic E-state index is 0.0311. The van der Waals surface area contributed by atoms with Crippen LogP contribution < -0.4 is 10.1 Å². The van der Waals surface area contributed by atoms with Gasteiger partial charge in [0.1, 0.15) is 5.75 Å². The van der Waals surface area contributed by atoms with Gasteiger partial charge >= 0.3 is 0 Å². The quantitative estimate of drug-likeness (QED) is 0.245. The lowest BCUT2D eigenvalue weighted by molar-refractivity contribution is -0.384. The van der Waals surface area contributed by atoms with Crippen molar-refractivity contribution < 1.29 is 14.5 Å². The number of carbonyl (C=O) groups excluding carboxylic acids is 1. The summed E-state index contributed by atoms with van der Waals surface area (Å²) in [6.45, 7) is 8.51. The molecule has 11 heteroatoms. The van der Waals surface area contributed by atoms with Gasteiger partial charge < -0.3 is 14.6 Å². The molecule has 1 amide bonds. The normalized spacial score (nSPS) is 11.8. The van der Waals surface area contributed by atoms with Crippen molar-refractivity contribution in [3.63, 3.8) is 0 Å². The second-order valence-electron chi connectivity index (χ2n) is 7.30. The lowest BCUT2D eigenvalue weighted by atomic mass is 10.1. The molecule has 0 saturated carbocycles. The minimum Gasteiger partial charge on any atom is -0.482 e. The number of benzene rings is 2. The fraction of sp³-hybridized carbons (Fsp3) is 0.318. The fourth-order valence-corrected chi connectivity index (χ4v) is 4.11. The van der Waals surface area contributed by atoms with Crippen molar-refractivity contribution in [3.8, 4) is 5.75 Å². The molecule has 2 aromatic carbocycles. The lowest BCUT2D eigenvalue weighted by Gasteiger charge is -2.17. The summed E-state index contributed by atoms with van der Waals surface area (Å²) < 4.78 is 8.03. The zero-order valence-corrected chi connectivity index (χ0v) is 20.2. The summed E-state index contributed by atoms with van der Waals surface area (Å²) in [6.07, 6.45) is -0.343. The largest absolute Gasteiger partial charge is 0.482 e. The molecule has 0 saturated heterocycles. The number of aromatic nitrogens is 3. The number of rotatable bonds is 9. The van der Waals surface area contributed by atoms with Crippen molar-refractivity contribution >= 4 is 40.6 Å². The molecule has 33 heavy (non-hydrogen) atoms. The van der Waals surface area contributed by atoms with E-state index in [2.05, 4.69) is 15.5 Å². The molecule has 0 spiro atoms. The standard InChI is InChI=1S/C22H24ClN5O4S/c1-5-27-21(15(4)32-19-8-6-7-13(2)14(19)3)25-26-22(27)33-12-20(29)24-18-11-16(28(30)31)9-10-17(18)23/h6-11,15H,5,12H2,1-4H3,(H,24,29). The number of non-ortho nitro benzene ring substituents is 1. The molecule has 1 heterocycles. The molecule has 0 radical (unpaired) electrons. The molecule has 1 atom stereocenters. The van der Waals surface area contributed by atoms with Crippen LogP contribution in [0.2, 0.25) is 5.02 Å². The number of aryl methyl sites for hydroxylation is 1. The molecular weight excluding hydrogens is 466 g/mol. The summed E-state index contributed by atoms with van der Waals surface area (Å²) >= 11 is 7.26. The van der Waals surface area contributed by atoms with Crippen molar-refractivity contribution in [2.24, 2.45) is 0 Å². The van der Waals surface area contributed by atoms with E-state index in [1.54, 1.807) is 0 Å². The Balaban J connectivity index is 1.68. The lowest BCUT2D eigenvalue weighted by Crippen LogP contribution is -2.16. The summed E-state index contributed by atoms with van der Waals surface area (Å²) in [6, 6.07) is 9.78. The van der Waals surface area contributed by atoms with E-state index in [4.69, 9.17) is 16.3 Å². The first-order valence-corrected chi connectivity index (χ1v) is 11.6. The van der Waals surface area contributed by atoms with E-state index in [0.29, 0.717) is 17.5 Å². The van der Waals surface area contributed by atoms with Crippen LogP contribution in [0.3, 0.4) is 0 Å². The average molecular weight is 490 g/mol. The fourth-order valence-electron chi connectivity index (χ4n) is 3.14. The van der Waals surface area contributed by atoms with Gasteiger partial charge in [-0.1, -0.05) is 35.5 Å². The van der Waals surface area contributed by atoms with E-state index in [9.17, 15) is 14.9 Å². The van der Waals surface area contributed by atoms with Crippen LogP contribution in [0.1, 0.15) is 36.9 Å². The van der Waals surface area contributed by atoms with E-state index in [1.165, 1.54) is 30.0 Å². The number of nitrogens with one attached hydrogen (secondary N) is 1. The number of nitro benzene ring substituents is 1. The van der Waals surface area contributed by atoms with E-state index >= 15 is 0 Å². The monoisotopic (exact) mass is 489 g/mol. The van der Waals surface area contributed by atoms with Crippen molar-refractivity contribution in [2.75, 3.05) is 11.1 Å². The van der Waals surface area contributed by atoms with Crippen LogP contribution in [0.4, 0.5) is 11.4 Å². The third-order valence-corrected chi connectivity index (χ3v) is 6.35. The molecule has 1 unspecified atom stereocenters. The Morgan fingerprint density at radius 1 is 1.30 bits per heavy atom.